The maximum absolute atomic E-state index is 10.5. The summed E-state index contributed by atoms with van der Waals surface area (Å²) < 4.78 is 12.3. The van der Waals surface area contributed by atoms with Gasteiger partial charge < -0.3 is 14.3 Å². The zero-order valence-corrected chi connectivity index (χ0v) is 22.7. The lowest BCUT2D eigenvalue weighted by Crippen LogP contribution is -2.05. The molecule has 0 radical (unpaired) electrons. The first-order valence-electron chi connectivity index (χ1n) is 14.3. The molecular weight excluding hydrogens is 486 g/mol. The molecule has 2 aromatic heterocycles. The van der Waals surface area contributed by atoms with Gasteiger partial charge in [-0.3, -0.25) is 0 Å². The largest absolute Gasteiger partial charge is 0.507 e. The molecule has 0 aliphatic carbocycles. The van der Waals surface area contributed by atoms with Gasteiger partial charge in [0, 0.05) is 10.8 Å². The number of hydrogen-bond acceptors (Lipinski definition) is 6. The number of phenolic OH excluding ortho intramolecular Hbond substituents is 1. The average molecular weight is 524 g/mol. The van der Waals surface area contributed by atoms with Crippen LogP contribution in [0.2, 0.25) is 0 Å². The maximum Gasteiger partial charge on any atom is 0.320 e. The van der Waals surface area contributed by atoms with E-state index in [0.29, 0.717) is 29.4 Å². The summed E-state index contributed by atoms with van der Waals surface area (Å²) >= 11 is 0. The molecular formula is C33H37N3O3. The topological polar surface area (TPSA) is 81.3 Å². The summed E-state index contributed by atoms with van der Waals surface area (Å²) in [6, 6.07) is 21.2. The second kappa shape index (κ2) is 13.2. The zero-order valence-electron chi connectivity index (χ0n) is 22.7. The second-order valence-corrected chi connectivity index (χ2v) is 10.1. The quantitative estimate of drug-likeness (QED) is 0.146. The predicted molar refractivity (Wildman–Crippen MR) is 157 cm³/mol. The Labute approximate surface area is 230 Å². The minimum Gasteiger partial charge on any atom is -0.507 e. The van der Waals surface area contributed by atoms with Gasteiger partial charge in [0.05, 0.1) is 17.7 Å². The number of aromatic nitrogens is 3. The second-order valence-electron chi connectivity index (χ2n) is 10.1. The van der Waals surface area contributed by atoms with E-state index in [1.165, 1.54) is 51.4 Å². The average Bonchev–Trinajstić information content (AvgIpc) is 3.35. The molecule has 0 atom stereocenters. The van der Waals surface area contributed by atoms with Crippen LogP contribution in [-0.4, -0.2) is 26.7 Å². The van der Waals surface area contributed by atoms with E-state index in [9.17, 15) is 5.11 Å². The van der Waals surface area contributed by atoms with Crippen molar-refractivity contribution in [2.75, 3.05) is 6.61 Å². The SMILES string of the molecule is CCCCCCCCCCCCOc1nc(-c2ccccc2O)nc(-c2cccc3c2oc2ccccc23)n1. The zero-order chi connectivity index (χ0) is 26.9. The van der Waals surface area contributed by atoms with Gasteiger partial charge in [-0.15, -0.1) is 0 Å². The normalized spacial score (nSPS) is 11.4. The van der Waals surface area contributed by atoms with Gasteiger partial charge in [-0.1, -0.05) is 107 Å². The number of para-hydroxylation sites is 3. The Morgan fingerprint density at radius 1 is 0.641 bits per heavy atom. The van der Waals surface area contributed by atoms with Crippen LogP contribution in [-0.2, 0) is 0 Å². The Hall–Kier alpha value is -3.93. The van der Waals surface area contributed by atoms with E-state index in [1.54, 1.807) is 18.2 Å². The van der Waals surface area contributed by atoms with Crippen molar-refractivity contribution in [1.82, 2.24) is 15.0 Å². The monoisotopic (exact) mass is 523 g/mol. The number of hydrogen-bond donors (Lipinski definition) is 1. The molecule has 0 amide bonds. The summed E-state index contributed by atoms with van der Waals surface area (Å²) in [6.07, 6.45) is 12.6. The van der Waals surface area contributed by atoms with Crippen molar-refractivity contribution in [3.8, 4) is 34.5 Å². The molecule has 0 spiro atoms. The highest BCUT2D eigenvalue weighted by molar-refractivity contribution is 6.09. The highest BCUT2D eigenvalue weighted by Gasteiger charge is 2.18. The minimum atomic E-state index is 0.109. The first kappa shape index (κ1) is 26.7. The van der Waals surface area contributed by atoms with Gasteiger partial charge in [0.15, 0.2) is 11.6 Å². The number of ether oxygens (including phenoxy) is 1. The Morgan fingerprint density at radius 2 is 1.26 bits per heavy atom. The Balaban J connectivity index is 1.32. The lowest BCUT2D eigenvalue weighted by molar-refractivity contribution is 0.281. The standard InChI is InChI=1S/C33H37N3O3/c1-2-3-4-5-6-7-8-9-10-15-23-38-33-35-31(26-18-11-13-21-28(26)37)34-32(36-33)27-20-16-19-25-24-17-12-14-22-29(24)39-30(25)27/h11-14,16-22,37H,2-10,15,23H2,1H3. The van der Waals surface area contributed by atoms with E-state index in [-0.39, 0.29) is 11.8 Å². The van der Waals surface area contributed by atoms with Crippen LogP contribution in [0.25, 0.3) is 44.7 Å². The van der Waals surface area contributed by atoms with Crippen LogP contribution in [0.1, 0.15) is 71.1 Å². The number of fused-ring (bicyclic) bond motifs is 3. The van der Waals surface area contributed by atoms with Crippen molar-refractivity contribution in [1.29, 1.82) is 0 Å². The molecule has 0 aliphatic heterocycles. The lowest BCUT2D eigenvalue weighted by Gasteiger charge is -2.10. The summed E-state index contributed by atoms with van der Waals surface area (Å²) in [5.74, 6) is 0.924. The van der Waals surface area contributed by atoms with Crippen LogP contribution < -0.4 is 4.74 Å². The third-order valence-electron chi connectivity index (χ3n) is 7.13. The van der Waals surface area contributed by atoms with E-state index >= 15 is 0 Å². The van der Waals surface area contributed by atoms with Crippen molar-refractivity contribution in [2.24, 2.45) is 0 Å². The van der Waals surface area contributed by atoms with Crippen LogP contribution in [0.3, 0.4) is 0 Å². The molecule has 0 unspecified atom stereocenters. The number of aromatic hydroxyl groups is 1. The van der Waals surface area contributed by atoms with Gasteiger partial charge in [-0.25, -0.2) is 4.98 Å². The molecule has 0 saturated heterocycles. The van der Waals surface area contributed by atoms with Crippen molar-refractivity contribution >= 4 is 21.9 Å². The van der Waals surface area contributed by atoms with Crippen LogP contribution in [0, 0.1) is 0 Å². The summed E-state index contributed by atoms with van der Waals surface area (Å²) in [7, 11) is 0. The highest BCUT2D eigenvalue weighted by atomic mass is 16.5. The molecule has 0 fully saturated rings. The predicted octanol–water partition coefficient (Wildman–Crippen LogP) is 9.11. The highest BCUT2D eigenvalue weighted by Crippen LogP contribution is 2.36. The molecule has 3 aromatic carbocycles. The van der Waals surface area contributed by atoms with Gasteiger partial charge >= 0.3 is 6.01 Å². The number of furan rings is 1. The van der Waals surface area contributed by atoms with Crippen molar-refractivity contribution in [2.45, 2.75) is 71.1 Å². The van der Waals surface area contributed by atoms with Crippen molar-refractivity contribution < 1.29 is 14.3 Å². The van der Waals surface area contributed by atoms with Crippen LogP contribution >= 0.6 is 0 Å². The molecule has 5 aromatic rings. The summed E-state index contributed by atoms with van der Waals surface area (Å²) in [5.41, 5.74) is 2.81. The third kappa shape index (κ3) is 6.56. The molecule has 2 heterocycles. The number of rotatable bonds is 14. The molecule has 202 valence electrons. The van der Waals surface area contributed by atoms with Gasteiger partial charge in [-0.2, -0.15) is 9.97 Å². The fourth-order valence-electron chi connectivity index (χ4n) is 5.00. The molecule has 0 saturated carbocycles. The molecule has 0 aliphatic rings. The van der Waals surface area contributed by atoms with Crippen molar-refractivity contribution in [3.63, 3.8) is 0 Å². The van der Waals surface area contributed by atoms with Crippen LogP contribution in [0.5, 0.6) is 11.8 Å². The maximum atomic E-state index is 10.5. The van der Waals surface area contributed by atoms with E-state index in [2.05, 4.69) is 16.9 Å². The van der Waals surface area contributed by atoms with E-state index in [0.717, 1.165) is 34.8 Å². The Kier molecular flexibility index (Phi) is 9.05. The summed E-state index contributed by atoms with van der Waals surface area (Å²) in [6.45, 7) is 2.79. The van der Waals surface area contributed by atoms with E-state index in [1.807, 2.05) is 48.5 Å². The molecule has 6 nitrogen and oxygen atoms in total. The van der Waals surface area contributed by atoms with Gasteiger partial charge in [0.25, 0.3) is 0 Å². The van der Waals surface area contributed by atoms with Gasteiger partial charge in [0.1, 0.15) is 16.9 Å². The number of nitrogens with zero attached hydrogens (tertiary/aromatic N) is 3. The Morgan fingerprint density at radius 3 is 2.03 bits per heavy atom. The summed E-state index contributed by atoms with van der Waals surface area (Å²) in [4.78, 5) is 14.0. The van der Waals surface area contributed by atoms with E-state index in [4.69, 9.17) is 14.1 Å². The molecule has 5 rings (SSSR count). The Bertz CT molecular complexity index is 1510. The smallest absolute Gasteiger partial charge is 0.320 e. The van der Waals surface area contributed by atoms with Crippen molar-refractivity contribution in [3.05, 3.63) is 66.7 Å². The molecule has 1 N–H and O–H groups in total. The van der Waals surface area contributed by atoms with Crippen LogP contribution in [0.4, 0.5) is 0 Å². The first-order valence-corrected chi connectivity index (χ1v) is 14.3. The summed E-state index contributed by atoms with van der Waals surface area (Å²) in [5, 5.41) is 12.5. The first-order chi connectivity index (χ1) is 19.2. The fraction of sp³-hybridized carbons (Fsp3) is 0.364. The fourth-order valence-corrected chi connectivity index (χ4v) is 5.00. The lowest BCUT2D eigenvalue weighted by atomic mass is 10.1. The number of unbranched alkanes of at least 4 members (excludes halogenated alkanes) is 9. The van der Waals surface area contributed by atoms with Gasteiger partial charge in [0.2, 0.25) is 0 Å². The molecule has 0 bridgehead atoms. The molecule has 6 heteroatoms. The van der Waals surface area contributed by atoms with Crippen LogP contribution in [0.15, 0.2) is 71.1 Å². The van der Waals surface area contributed by atoms with Gasteiger partial charge in [-0.05, 0) is 30.7 Å². The number of phenols is 1. The van der Waals surface area contributed by atoms with E-state index < -0.39 is 0 Å². The minimum absolute atomic E-state index is 0.109. The third-order valence-corrected chi connectivity index (χ3v) is 7.13. The number of benzene rings is 3. The molecule has 39 heavy (non-hydrogen) atoms.